The maximum Gasteiger partial charge on any atom is 0.338 e. The van der Waals surface area contributed by atoms with Crippen LogP contribution < -0.4 is 0 Å². The number of ether oxygens (including phenoxy) is 2. The Morgan fingerprint density at radius 3 is 2.75 bits per heavy atom. The lowest BCUT2D eigenvalue weighted by atomic mass is 9.94. The van der Waals surface area contributed by atoms with Crippen LogP contribution in [0.5, 0.6) is 0 Å². The first-order valence-corrected chi connectivity index (χ1v) is 6.68. The number of rotatable bonds is 6. The number of carbonyl (C=O) groups is 2. The van der Waals surface area contributed by atoms with Gasteiger partial charge in [0.05, 0.1) is 5.56 Å². The Morgan fingerprint density at radius 2 is 2.20 bits per heavy atom. The Kier molecular flexibility index (Phi) is 4.69. The quantitative estimate of drug-likeness (QED) is 0.454. The molecule has 0 aromatic heterocycles. The lowest BCUT2D eigenvalue weighted by Gasteiger charge is -2.25. The van der Waals surface area contributed by atoms with E-state index in [0.29, 0.717) is 25.0 Å². The third-order valence-corrected chi connectivity index (χ3v) is 3.43. The highest BCUT2D eigenvalue weighted by Gasteiger charge is 2.37. The Bertz CT molecular complexity index is 475. The largest absolute Gasteiger partial charge is 0.454 e. The fourth-order valence-corrected chi connectivity index (χ4v) is 2.31. The molecule has 0 radical (unpaired) electrons. The van der Waals surface area contributed by atoms with Gasteiger partial charge in [-0.05, 0) is 25.0 Å². The lowest BCUT2D eigenvalue weighted by molar-refractivity contribution is -0.128. The van der Waals surface area contributed by atoms with E-state index < -0.39 is 17.7 Å². The minimum Gasteiger partial charge on any atom is -0.454 e. The third-order valence-electron chi connectivity index (χ3n) is 3.43. The minimum atomic E-state index is -0.837. The monoisotopic (exact) mass is 274 g/mol. The molecule has 1 saturated heterocycles. The van der Waals surface area contributed by atoms with Crippen LogP contribution in [-0.4, -0.2) is 30.6 Å². The summed E-state index contributed by atoms with van der Waals surface area (Å²) in [4.78, 5) is 23.2. The van der Waals surface area contributed by atoms with Crippen LogP contribution in [0.15, 0.2) is 43.0 Å². The molecule has 0 unspecified atom stereocenters. The van der Waals surface area contributed by atoms with Crippen molar-refractivity contribution in [1.29, 1.82) is 0 Å². The fourth-order valence-electron chi connectivity index (χ4n) is 2.31. The van der Waals surface area contributed by atoms with E-state index in [0.717, 1.165) is 12.7 Å². The van der Waals surface area contributed by atoms with E-state index in [4.69, 9.17) is 9.47 Å². The molecule has 2 rings (SSSR count). The summed E-state index contributed by atoms with van der Waals surface area (Å²) in [5.41, 5.74) is -0.359. The van der Waals surface area contributed by atoms with Gasteiger partial charge in [-0.15, -0.1) is 0 Å². The number of carbonyl (C=O) groups excluding carboxylic acids is 2. The predicted molar refractivity (Wildman–Crippen MR) is 74.4 cm³/mol. The first-order valence-electron chi connectivity index (χ1n) is 6.68. The van der Waals surface area contributed by atoms with Gasteiger partial charge in [-0.2, -0.15) is 0 Å². The average molecular weight is 274 g/mol. The topological polar surface area (TPSA) is 52.6 Å². The molecule has 0 N–H and O–H groups in total. The van der Waals surface area contributed by atoms with Gasteiger partial charge < -0.3 is 14.3 Å². The molecule has 1 fully saturated rings. The number of hydrogen-bond acceptors (Lipinski definition) is 4. The van der Waals surface area contributed by atoms with Crippen molar-refractivity contribution in [2.75, 3.05) is 6.61 Å². The molecule has 0 bridgehead atoms. The Labute approximate surface area is 118 Å². The van der Waals surface area contributed by atoms with Gasteiger partial charge in [-0.1, -0.05) is 30.9 Å². The van der Waals surface area contributed by atoms with E-state index in [9.17, 15) is 9.59 Å². The Balaban J connectivity index is 2.00. The van der Waals surface area contributed by atoms with Crippen LogP contribution in [0.1, 0.15) is 29.6 Å². The molecule has 0 amide bonds. The van der Waals surface area contributed by atoms with Crippen molar-refractivity contribution in [2.45, 2.75) is 31.0 Å². The second kappa shape index (κ2) is 6.48. The summed E-state index contributed by atoms with van der Waals surface area (Å²) < 4.78 is 10.9. The smallest absolute Gasteiger partial charge is 0.338 e. The zero-order valence-corrected chi connectivity index (χ0v) is 11.3. The average Bonchev–Trinajstić information content (AvgIpc) is 2.96. The van der Waals surface area contributed by atoms with Crippen LogP contribution in [0, 0.1) is 0 Å². The molecule has 0 aliphatic carbocycles. The van der Waals surface area contributed by atoms with Gasteiger partial charge >= 0.3 is 5.97 Å². The summed E-state index contributed by atoms with van der Waals surface area (Å²) in [6.45, 7) is 4.23. The van der Waals surface area contributed by atoms with Crippen molar-refractivity contribution < 1.29 is 19.1 Å². The van der Waals surface area contributed by atoms with Crippen molar-refractivity contribution in [1.82, 2.24) is 0 Å². The summed E-state index contributed by atoms with van der Waals surface area (Å²) >= 11 is 0. The molecule has 1 aliphatic heterocycles. The summed E-state index contributed by atoms with van der Waals surface area (Å²) in [5, 5.41) is 0. The second-order valence-electron chi connectivity index (χ2n) is 4.88. The fraction of sp³-hybridized carbons (Fsp3) is 0.375. The number of esters is 1. The van der Waals surface area contributed by atoms with Crippen LogP contribution in [0.25, 0.3) is 0 Å². The van der Waals surface area contributed by atoms with Crippen LogP contribution in [-0.2, 0) is 14.3 Å². The standard InChI is InChI=1S/C16H18O4/c1-2-14(11-16(12-17)9-6-10-19-16)20-15(18)13-7-4-3-5-8-13/h2-5,7-8,12,14H,1,6,9-11H2/t14-,16-/m1/s1. The third kappa shape index (κ3) is 3.33. The number of benzene rings is 1. The summed E-state index contributed by atoms with van der Waals surface area (Å²) in [5.74, 6) is -0.422. The van der Waals surface area contributed by atoms with E-state index in [1.165, 1.54) is 6.08 Å². The van der Waals surface area contributed by atoms with Gasteiger partial charge in [0.15, 0.2) is 6.29 Å². The molecule has 4 heteroatoms. The molecule has 1 aromatic rings. The van der Waals surface area contributed by atoms with Gasteiger partial charge in [0, 0.05) is 13.0 Å². The normalized spacial score (nSPS) is 23.0. The zero-order chi connectivity index (χ0) is 14.4. The summed E-state index contributed by atoms with van der Waals surface area (Å²) in [7, 11) is 0. The first kappa shape index (κ1) is 14.5. The zero-order valence-electron chi connectivity index (χ0n) is 11.3. The SMILES string of the molecule is C=C[C@H](C[C@@]1(C=O)CCCO1)OC(=O)c1ccccc1. The van der Waals surface area contributed by atoms with E-state index in [2.05, 4.69) is 6.58 Å². The van der Waals surface area contributed by atoms with Gasteiger partial charge in [0.25, 0.3) is 0 Å². The summed E-state index contributed by atoms with van der Waals surface area (Å²) in [6, 6.07) is 8.74. The van der Waals surface area contributed by atoms with Crippen molar-refractivity contribution in [3.05, 3.63) is 48.6 Å². The molecule has 1 heterocycles. The molecule has 1 aromatic carbocycles. The Morgan fingerprint density at radius 1 is 1.45 bits per heavy atom. The number of hydrogen-bond donors (Lipinski definition) is 0. The van der Waals surface area contributed by atoms with E-state index in [1.54, 1.807) is 24.3 Å². The number of aldehydes is 1. The molecular formula is C16H18O4. The van der Waals surface area contributed by atoms with E-state index in [1.807, 2.05) is 6.07 Å². The molecule has 0 spiro atoms. The molecular weight excluding hydrogens is 256 g/mol. The van der Waals surface area contributed by atoms with Crippen molar-refractivity contribution in [3.63, 3.8) is 0 Å². The van der Waals surface area contributed by atoms with Crippen molar-refractivity contribution in [3.8, 4) is 0 Å². The van der Waals surface area contributed by atoms with E-state index in [-0.39, 0.29) is 0 Å². The maximum absolute atomic E-state index is 12.0. The van der Waals surface area contributed by atoms with Crippen LogP contribution >= 0.6 is 0 Å². The molecule has 0 saturated carbocycles. The molecule has 2 atom stereocenters. The van der Waals surface area contributed by atoms with Gasteiger partial charge in [0.2, 0.25) is 0 Å². The lowest BCUT2D eigenvalue weighted by Crippen LogP contribution is -2.35. The van der Waals surface area contributed by atoms with Crippen LogP contribution in [0.3, 0.4) is 0 Å². The highest BCUT2D eigenvalue weighted by Crippen LogP contribution is 2.29. The summed E-state index contributed by atoms with van der Waals surface area (Å²) in [6.07, 6.45) is 3.63. The molecule has 4 nitrogen and oxygen atoms in total. The van der Waals surface area contributed by atoms with E-state index >= 15 is 0 Å². The van der Waals surface area contributed by atoms with Crippen LogP contribution in [0.2, 0.25) is 0 Å². The Hall–Kier alpha value is -1.94. The molecule has 106 valence electrons. The molecule has 1 aliphatic rings. The van der Waals surface area contributed by atoms with Crippen LogP contribution in [0.4, 0.5) is 0 Å². The van der Waals surface area contributed by atoms with Gasteiger partial charge in [0.1, 0.15) is 11.7 Å². The van der Waals surface area contributed by atoms with Gasteiger partial charge in [-0.3, -0.25) is 0 Å². The second-order valence-corrected chi connectivity index (χ2v) is 4.88. The maximum atomic E-state index is 12.0. The first-order chi connectivity index (χ1) is 9.69. The predicted octanol–water partition coefficient (Wildman–Crippen LogP) is 2.54. The molecule has 20 heavy (non-hydrogen) atoms. The van der Waals surface area contributed by atoms with Crippen molar-refractivity contribution >= 4 is 12.3 Å². The highest BCUT2D eigenvalue weighted by atomic mass is 16.5. The highest BCUT2D eigenvalue weighted by molar-refractivity contribution is 5.89. The van der Waals surface area contributed by atoms with Gasteiger partial charge in [-0.25, -0.2) is 4.79 Å². The minimum absolute atomic E-state index is 0.318. The van der Waals surface area contributed by atoms with Crippen molar-refractivity contribution in [2.24, 2.45) is 0 Å².